The molecule has 0 unspecified atom stereocenters. The van der Waals surface area contributed by atoms with E-state index in [9.17, 15) is 0 Å². The Morgan fingerprint density at radius 2 is 1.80 bits per heavy atom. The summed E-state index contributed by atoms with van der Waals surface area (Å²) in [5, 5.41) is 0. The van der Waals surface area contributed by atoms with Crippen molar-refractivity contribution < 1.29 is 0 Å². The normalized spacial score (nSPS) is 8.67. The molecule has 1 aromatic heterocycles. The highest BCUT2D eigenvalue weighted by Gasteiger charge is 1.99. The zero-order chi connectivity index (χ0) is 12.3. The van der Waals surface area contributed by atoms with E-state index in [0.717, 1.165) is 11.4 Å². The van der Waals surface area contributed by atoms with E-state index in [1.807, 2.05) is 41.5 Å². The van der Waals surface area contributed by atoms with Crippen molar-refractivity contribution in [2.75, 3.05) is 5.73 Å². The van der Waals surface area contributed by atoms with Gasteiger partial charge in [0.2, 0.25) is 0 Å². The van der Waals surface area contributed by atoms with Gasteiger partial charge in [-0.05, 0) is 19.9 Å². The molecule has 0 bridgehead atoms. The van der Waals surface area contributed by atoms with Gasteiger partial charge < -0.3 is 5.73 Å². The highest BCUT2D eigenvalue weighted by molar-refractivity contribution is 5.70. The van der Waals surface area contributed by atoms with E-state index < -0.39 is 0 Å². The van der Waals surface area contributed by atoms with E-state index in [1.54, 1.807) is 18.5 Å². The van der Waals surface area contributed by atoms with Crippen LogP contribution in [-0.4, -0.2) is 11.2 Å². The highest BCUT2D eigenvalue weighted by atomic mass is 14.8. The number of aryl methyl sites for hydroxylation is 1. The monoisotopic (exact) mass is 209 g/mol. The summed E-state index contributed by atoms with van der Waals surface area (Å²) in [5.74, 6) is 0. The third kappa shape index (κ3) is 5.83. The fraction of sp³-hybridized carbons (Fsp3) is 0.500. The Morgan fingerprint density at radius 1 is 1.27 bits per heavy atom. The predicted octanol–water partition coefficient (Wildman–Crippen LogP) is 3.75. The minimum atomic E-state index is 0.676. The Hall–Kier alpha value is -1.38. The molecule has 2 N–H and O–H groups in total. The van der Waals surface area contributed by atoms with Crippen molar-refractivity contribution in [1.29, 1.82) is 0 Å². The van der Waals surface area contributed by atoms with Crippen LogP contribution < -0.4 is 5.73 Å². The molecular weight excluding hydrogens is 186 g/mol. The molecule has 3 heteroatoms. The number of rotatable bonds is 1. The summed E-state index contributed by atoms with van der Waals surface area (Å²) in [5.41, 5.74) is 7.97. The van der Waals surface area contributed by atoms with Gasteiger partial charge in [0.25, 0.3) is 0 Å². The molecule has 1 aromatic rings. The molecule has 0 fully saturated rings. The second-order valence-electron chi connectivity index (χ2n) is 2.22. The molecular formula is C12H23N3. The molecule has 0 amide bonds. The maximum absolute atomic E-state index is 5.65. The van der Waals surface area contributed by atoms with E-state index in [2.05, 4.69) is 9.98 Å². The Bertz CT molecular complexity index is 260. The Labute approximate surface area is 93.5 Å². The van der Waals surface area contributed by atoms with E-state index in [4.69, 9.17) is 5.73 Å². The summed E-state index contributed by atoms with van der Waals surface area (Å²) >= 11 is 0. The first-order valence-electron chi connectivity index (χ1n) is 5.45. The molecule has 1 rings (SSSR count). The van der Waals surface area contributed by atoms with Crippen molar-refractivity contribution in [1.82, 2.24) is 4.98 Å². The number of aromatic nitrogens is 1. The first-order chi connectivity index (χ1) is 7.25. The second-order valence-corrected chi connectivity index (χ2v) is 2.22. The van der Waals surface area contributed by atoms with Crippen molar-refractivity contribution >= 4 is 17.6 Å². The van der Waals surface area contributed by atoms with Crippen LogP contribution in [0.5, 0.6) is 0 Å². The lowest BCUT2D eigenvalue weighted by Crippen LogP contribution is -1.89. The van der Waals surface area contributed by atoms with Crippen LogP contribution in [-0.2, 0) is 0 Å². The van der Waals surface area contributed by atoms with Gasteiger partial charge in [-0.3, -0.25) is 9.98 Å². The van der Waals surface area contributed by atoms with Crippen LogP contribution in [0.1, 0.15) is 40.3 Å². The number of hydrogen-bond acceptors (Lipinski definition) is 3. The molecule has 0 saturated carbocycles. The van der Waals surface area contributed by atoms with Gasteiger partial charge >= 0.3 is 0 Å². The van der Waals surface area contributed by atoms with Crippen molar-refractivity contribution in [3.05, 3.63) is 18.0 Å². The Kier molecular flexibility index (Phi) is 11.5. The van der Waals surface area contributed by atoms with Crippen LogP contribution in [0.2, 0.25) is 0 Å². The number of aliphatic imine (C=N–C) groups is 1. The van der Waals surface area contributed by atoms with Gasteiger partial charge in [0, 0.05) is 12.4 Å². The van der Waals surface area contributed by atoms with Crippen molar-refractivity contribution in [3.63, 3.8) is 0 Å². The molecule has 0 aliphatic rings. The van der Waals surface area contributed by atoms with Gasteiger partial charge in [-0.2, -0.15) is 0 Å². The van der Waals surface area contributed by atoms with Crippen molar-refractivity contribution in [2.24, 2.45) is 4.99 Å². The Morgan fingerprint density at radius 3 is 2.20 bits per heavy atom. The number of nitrogens with two attached hydrogens (primary N) is 1. The maximum atomic E-state index is 5.65. The molecule has 3 nitrogen and oxygen atoms in total. The lowest BCUT2D eigenvalue weighted by Gasteiger charge is -2.00. The average Bonchev–Trinajstić information content (AvgIpc) is 2.29. The summed E-state index contributed by atoms with van der Waals surface area (Å²) in [6.07, 6.45) is 3.39. The van der Waals surface area contributed by atoms with E-state index in [1.165, 1.54) is 0 Å². The molecule has 0 aromatic carbocycles. The molecule has 15 heavy (non-hydrogen) atoms. The van der Waals surface area contributed by atoms with Crippen LogP contribution in [0.25, 0.3) is 0 Å². The van der Waals surface area contributed by atoms with Gasteiger partial charge in [0.05, 0.1) is 11.4 Å². The number of nitrogen functional groups attached to an aromatic ring is 1. The third-order valence-electron chi connectivity index (χ3n) is 1.40. The summed E-state index contributed by atoms with van der Waals surface area (Å²) in [4.78, 5) is 8.16. The molecule has 86 valence electrons. The van der Waals surface area contributed by atoms with E-state index in [0.29, 0.717) is 5.69 Å². The highest BCUT2D eigenvalue weighted by Crippen LogP contribution is 2.23. The van der Waals surface area contributed by atoms with Gasteiger partial charge in [0.1, 0.15) is 5.69 Å². The minimum Gasteiger partial charge on any atom is -0.397 e. The number of pyridine rings is 1. The van der Waals surface area contributed by atoms with Crippen molar-refractivity contribution in [3.8, 4) is 0 Å². The predicted molar refractivity (Wildman–Crippen MR) is 69.9 cm³/mol. The van der Waals surface area contributed by atoms with E-state index in [-0.39, 0.29) is 0 Å². The van der Waals surface area contributed by atoms with E-state index >= 15 is 0 Å². The lowest BCUT2D eigenvalue weighted by molar-refractivity contribution is 1.19. The zero-order valence-electron chi connectivity index (χ0n) is 10.7. The first-order valence-corrected chi connectivity index (χ1v) is 5.45. The molecule has 0 aliphatic carbocycles. The number of nitrogens with zero attached hydrogens (tertiary/aromatic N) is 2. The van der Waals surface area contributed by atoms with Gasteiger partial charge in [-0.25, -0.2) is 0 Å². The summed E-state index contributed by atoms with van der Waals surface area (Å²) in [6, 6.07) is 1.75. The fourth-order valence-corrected chi connectivity index (χ4v) is 0.875. The van der Waals surface area contributed by atoms with Gasteiger partial charge in [0.15, 0.2) is 0 Å². The lowest BCUT2D eigenvalue weighted by atomic mass is 10.3. The third-order valence-corrected chi connectivity index (χ3v) is 1.40. The van der Waals surface area contributed by atoms with Crippen LogP contribution in [0.4, 0.5) is 11.4 Å². The topological polar surface area (TPSA) is 51.3 Å². The summed E-state index contributed by atoms with van der Waals surface area (Å²) in [6.45, 7) is 11.7. The van der Waals surface area contributed by atoms with Crippen LogP contribution in [0, 0.1) is 6.92 Å². The van der Waals surface area contributed by atoms with Gasteiger partial charge in [-0.1, -0.05) is 27.7 Å². The standard InChI is InChI=1S/C8H11N3.2C2H6/c1-3-10-8-6(2)11-5-4-7(8)9;2*1-2/h3-5H,1-2H3,(H2,9,11);2*1-2H3. The maximum Gasteiger partial charge on any atom is 0.107 e. The zero-order valence-corrected chi connectivity index (χ0v) is 10.7. The molecule has 0 atom stereocenters. The van der Waals surface area contributed by atoms with Crippen LogP contribution in [0.15, 0.2) is 17.3 Å². The molecule has 0 aliphatic heterocycles. The van der Waals surface area contributed by atoms with Crippen molar-refractivity contribution in [2.45, 2.75) is 41.5 Å². The van der Waals surface area contributed by atoms with Crippen LogP contribution in [0.3, 0.4) is 0 Å². The largest absolute Gasteiger partial charge is 0.397 e. The molecule has 0 spiro atoms. The fourth-order valence-electron chi connectivity index (χ4n) is 0.875. The number of anilines is 1. The first kappa shape index (κ1) is 16.1. The average molecular weight is 209 g/mol. The number of hydrogen-bond donors (Lipinski definition) is 1. The quantitative estimate of drug-likeness (QED) is 0.716. The molecule has 1 heterocycles. The summed E-state index contributed by atoms with van der Waals surface area (Å²) < 4.78 is 0. The van der Waals surface area contributed by atoms with Crippen LogP contribution >= 0.6 is 0 Å². The molecule has 0 saturated heterocycles. The second kappa shape index (κ2) is 10.7. The summed E-state index contributed by atoms with van der Waals surface area (Å²) in [7, 11) is 0. The Balaban J connectivity index is 0. The van der Waals surface area contributed by atoms with Gasteiger partial charge in [-0.15, -0.1) is 0 Å². The SMILES string of the molecule is CC.CC.CC=Nc1c(N)ccnc1C. The smallest absolute Gasteiger partial charge is 0.107 e. The minimum absolute atomic E-state index is 0.676. The molecule has 0 radical (unpaired) electrons.